The van der Waals surface area contributed by atoms with Gasteiger partial charge in [-0.1, -0.05) is 12.1 Å². The van der Waals surface area contributed by atoms with E-state index in [4.69, 9.17) is 4.74 Å². The van der Waals surface area contributed by atoms with Gasteiger partial charge in [-0.05, 0) is 35.6 Å². The summed E-state index contributed by atoms with van der Waals surface area (Å²) in [4.78, 5) is 0.0447. The van der Waals surface area contributed by atoms with Gasteiger partial charge in [-0.25, -0.2) is 8.78 Å². The third kappa shape index (κ3) is 2.42. The van der Waals surface area contributed by atoms with E-state index >= 15 is 0 Å². The topological polar surface area (TPSA) is 27.1 Å². The van der Waals surface area contributed by atoms with Crippen LogP contribution in [0.15, 0.2) is 41.4 Å². The highest BCUT2D eigenvalue weighted by atomic mass is 32.2. The minimum Gasteiger partial charge on any atom is -0.377 e. The number of nitrogens with zero attached hydrogens (tertiary/aromatic N) is 2. The van der Waals surface area contributed by atoms with Gasteiger partial charge in [0.05, 0.1) is 29.7 Å². The Morgan fingerprint density at radius 2 is 1.96 bits per heavy atom. The molecule has 1 saturated heterocycles. The van der Waals surface area contributed by atoms with Crippen molar-refractivity contribution in [1.29, 1.82) is 0 Å². The van der Waals surface area contributed by atoms with Gasteiger partial charge in [0.2, 0.25) is 0 Å². The molecule has 0 bridgehead atoms. The molecule has 0 amide bonds. The van der Waals surface area contributed by atoms with Crippen LogP contribution in [0, 0.1) is 11.6 Å². The van der Waals surface area contributed by atoms with Gasteiger partial charge in [0, 0.05) is 11.6 Å². The van der Waals surface area contributed by atoms with Crippen LogP contribution >= 0.6 is 11.8 Å². The second-order valence-electron chi connectivity index (χ2n) is 5.51. The number of aromatic nitrogens is 2. The van der Waals surface area contributed by atoms with E-state index in [0.717, 1.165) is 28.2 Å². The van der Waals surface area contributed by atoms with Crippen LogP contribution in [-0.4, -0.2) is 29.3 Å². The van der Waals surface area contributed by atoms with Gasteiger partial charge in [-0.15, -0.1) is 11.8 Å². The fraction of sp³-hybridized carbons (Fsp3) is 0.235. The molecule has 0 N–H and O–H groups in total. The zero-order valence-electron chi connectivity index (χ0n) is 12.4. The van der Waals surface area contributed by atoms with Crippen molar-refractivity contribution in [3.8, 4) is 11.1 Å². The SMILES string of the molecule is CSc1c(F)cc(-c2cccc3nn(C4COC4)cc23)cc1F. The van der Waals surface area contributed by atoms with Gasteiger partial charge in [0.1, 0.15) is 11.6 Å². The molecule has 1 aliphatic heterocycles. The number of thioether (sulfide) groups is 1. The molecule has 118 valence electrons. The zero-order chi connectivity index (χ0) is 16.0. The standard InChI is InChI=1S/C17H14F2N2OS/c1-23-17-14(18)5-10(6-15(17)19)12-3-2-4-16-13(12)7-21(20-16)11-8-22-9-11/h2-7,11H,8-9H2,1H3. The molecule has 0 spiro atoms. The molecule has 1 aliphatic rings. The molecular formula is C17H14F2N2OS. The number of hydrogen-bond donors (Lipinski definition) is 0. The molecule has 0 atom stereocenters. The van der Waals surface area contributed by atoms with Crippen molar-refractivity contribution < 1.29 is 13.5 Å². The highest BCUT2D eigenvalue weighted by Gasteiger charge is 2.22. The summed E-state index contributed by atoms with van der Waals surface area (Å²) in [5, 5.41) is 5.43. The molecule has 1 aromatic heterocycles. The van der Waals surface area contributed by atoms with Crippen LogP contribution in [0.25, 0.3) is 22.0 Å². The quantitative estimate of drug-likeness (QED) is 0.670. The Kier molecular flexibility index (Phi) is 3.58. The molecule has 0 unspecified atom stereocenters. The lowest BCUT2D eigenvalue weighted by Crippen LogP contribution is -2.30. The van der Waals surface area contributed by atoms with Crippen molar-refractivity contribution in [2.45, 2.75) is 10.9 Å². The molecule has 1 fully saturated rings. The van der Waals surface area contributed by atoms with Crippen molar-refractivity contribution in [1.82, 2.24) is 9.78 Å². The Bertz CT molecular complexity index is 866. The first-order chi connectivity index (χ1) is 11.2. The summed E-state index contributed by atoms with van der Waals surface area (Å²) in [7, 11) is 0. The molecule has 2 heterocycles. The van der Waals surface area contributed by atoms with Crippen LogP contribution in [0.2, 0.25) is 0 Å². The average Bonchev–Trinajstić information content (AvgIpc) is 2.87. The Morgan fingerprint density at radius 1 is 1.22 bits per heavy atom. The predicted molar refractivity (Wildman–Crippen MR) is 86.7 cm³/mol. The normalized spacial score (nSPS) is 15.1. The van der Waals surface area contributed by atoms with E-state index < -0.39 is 11.6 Å². The van der Waals surface area contributed by atoms with E-state index in [9.17, 15) is 8.78 Å². The van der Waals surface area contributed by atoms with Crippen molar-refractivity contribution in [2.75, 3.05) is 19.5 Å². The summed E-state index contributed by atoms with van der Waals surface area (Å²) < 4.78 is 35.3. The lowest BCUT2D eigenvalue weighted by molar-refractivity contribution is -0.0283. The number of ether oxygens (including phenoxy) is 1. The minimum atomic E-state index is -0.538. The molecule has 0 radical (unpaired) electrons. The highest BCUT2D eigenvalue weighted by molar-refractivity contribution is 7.98. The molecule has 0 aliphatic carbocycles. The third-order valence-corrected chi connectivity index (χ3v) is 4.87. The number of hydrogen-bond acceptors (Lipinski definition) is 3. The number of benzene rings is 2. The summed E-state index contributed by atoms with van der Waals surface area (Å²) in [5.74, 6) is -1.08. The van der Waals surface area contributed by atoms with Crippen molar-refractivity contribution in [3.05, 3.63) is 48.2 Å². The summed E-state index contributed by atoms with van der Waals surface area (Å²) in [6.45, 7) is 1.30. The molecule has 6 heteroatoms. The minimum absolute atomic E-state index is 0.0447. The Morgan fingerprint density at radius 3 is 2.57 bits per heavy atom. The molecule has 2 aromatic carbocycles. The summed E-state index contributed by atoms with van der Waals surface area (Å²) in [6.07, 6.45) is 3.59. The fourth-order valence-electron chi connectivity index (χ4n) is 2.79. The van der Waals surface area contributed by atoms with E-state index in [-0.39, 0.29) is 10.9 Å². The second kappa shape index (κ2) is 5.62. The summed E-state index contributed by atoms with van der Waals surface area (Å²) in [6, 6.07) is 8.62. The van der Waals surface area contributed by atoms with E-state index in [2.05, 4.69) is 5.10 Å². The Balaban J connectivity index is 1.86. The van der Waals surface area contributed by atoms with Gasteiger partial charge in [0.15, 0.2) is 0 Å². The monoisotopic (exact) mass is 332 g/mol. The number of halogens is 2. The Labute approximate surface area is 136 Å². The smallest absolute Gasteiger partial charge is 0.140 e. The predicted octanol–water partition coefficient (Wildman–Crippen LogP) is 4.27. The van der Waals surface area contributed by atoms with Crippen molar-refractivity contribution >= 4 is 22.7 Å². The van der Waals surface area contributed by atoms with E-state index in [0.29, 0.717) is 18.8 Å². The van der Waals surface area contributed by atoms with Gasteiger partial charge in [-0.3, -0.25) is 4.68 Å². The van der Waals surface area contributed by atoms with Crippen LogP contribution in [-0.2, 0) is 4.74 Å². The Hall–Kier alpha value is -1.92. The summed E-state index contributed by atoms with van der Waals surface area (Å²) >= 11 is 1.07. The molecular weight excluding hydrogens is 318 g/mol. The van der Waals surface area contributed by atoms with Crippen molar-refractivity contribution in [2.24, 2.45) is 0 Å². The van der Waals surface area contributed by atoms with Gasteiger partial charge < -0.3 is 4.74 Å². The zero-order valence-corrected chi connectivity index (χ0v) is 13.2. The number of rotatable bonds is 3. The maximum Gasteiger partial charge on any atom is 0.140 e. The first kappa shape index (κ1) is 14.7. The number of fused-ring (bicyclic) bond motifs is 1. The summed E-state index contributed by atoms with van der Waals surface area (Å²) in [5.41, 5.74) is 2.11. The van der Waals surface area contributed by atoms with Crippen LogP contribution in [0.4, 0.5) is 8.78 Å². The van der Waals surface area contributed by atoms with Crippen molar-refractivity contribution in [3.63, 3.8) is 0 Å². The van der Waals surface area contributed by atoms with E-state index in [1.54, 1.807) is 6.26 Å². The van der Waals surface area contributed by atoms with E-state index in [1.165, 1.54) is 12.1 Å². The average molecular weight is 332 g/mol. The van der Waals surface area contributed by atoms with Crippen LogP contribution in [0.5, 0.6) is 0 Å². The first-order valence-corrected chi connectivity index (χ1v) is 8.49. The van der Waals surface area contributed by atoms with Gasteiger partial charge >= 0.3 is 0 Å². The second-order valence-corrected chi connectivity index (χ2v) is 6.33. The molecule has 23 heavy (non-hydrogen) atoms. The van der Waals surface area contributed by atoms with Gasteiger partial charge in [-0.2, -0.15) is 5.10 Å². The largest absolute Gasteiger partial charge is 0.377 e. The molecule has 3 aromatic rings. The lowest BCUT2D eigenvalue weighted by Gasteiger charge is -2.25. The lowest BCUT2D eigenvalue weighted by atomic mass is 10.0. The van der Waals surface area contributed by atoms with Gasteiger partial charge in [0.25, 0.3) is 0 Å². The van der Waals surface area contributed by atoms with Crippen LogP contribution in [0.1, 0.15) is 6.04 Å². The molecule has 0 saturated carbocycles. The fourth-order valence-corrected chi connectivity index (χ4v) is 3.29. The molecule has 3 nitrogen and oxygen atoms in total. The maximum atomic E-state index is 14.1. The highest BCUT2D eigenvalue weighted by Crippen LogP contribution is 2.33. The molecule has 4 rings (SSSR count). The maximum absolute atomic E-state index is 14.1. The first-order valence-electron chi connectivity index (χ1n) is 7.26. The van der Waals surface area contributed by atoms with E-state index in [1.807, 2.05) is 29.1 Å². The third-order valence-electron chi connectivity index (χ3n) is 4.08. The van der Waals surface area contributed by atoms with Crippen LogP contribution < -0.4 is 0 Å². The van der Waals surface area contributed by atoms with Crippen LogP contribution in [0.3, 0.4) is 0 Å².